The molecule has 1 N–H and O–H groups in total. The van der Waals surface area contributed by atoms with Crippen LogP contribution in [0.15, 0.2) is 0 Å². The van der Waals surface area contributed by atoms with Crippen LogP contribution in [0.4, 0.5) is 0 Å². The molecule has 0 amide bonds. The Bertz CT molecular complexity index is 169. The third-order valence-electron chi connectivity index (χ3n) is 3.90. The number of nitrogens with one attached hydrogen (secondary N) is 1. The van der Waals surface area contributed by atoms with Gasteiger partial charge in [0.2, 0.25) is 0 Å². The molecule has 84 valence electrons. The van der Waals surface area contributed by atoms with Crippen LogP contribution < -0.4 is 5.32 Å². The second-order valence-corrected chi connectivity index (χ2v) is 6.04. The molecule has 1 nitrogen and oxygen atoms in total. The fourth-order valence-corrected chi connectivity index (χ4v) is 2.20. The molecular formula is C13H27N. The van der Waals surface area contributed by atoms with Gasteiger partial charge in [0.1, 0.15) is 0 Å². The van der Waals surface area contributed by atoms with Crippen LogP contribution in [0.5, 0.6) is 0 Å². The van der Waals surface area contributed by atoms with Gasteiger partial charge in [0.05, 0.1) is 0 Å². The SMILES string of the molecule is CCC1CCC(NC(C)C(C)(C)C)C1. The van der Waals surface area contributed by atoms with Gasteiger partial charge in [-0.1, -0.05) is 34.1 Å². The second-order valence-electron chi connectivity index (χ2n) is 6.04. The van der Waals surface area contributed by atoms with Crippen molar-refractivity contribution in [1.29, 1.82) is 0 Å². The topological polar surface area (TPSA) is 12.0 Å². The fraction of sp³-hybridized carbons (Fsp3) is 1.00. The van der Waals surface area contributed by atoms with Crippen molar-refractivity contribution < 1.29 is 0 Å². The lowest BCUT2D eigenvalue weighted by atomic mass is 9.87. The largest absolute Gasteiger partial charge is 0.311 e. The van der Waals surface area contributed by atoms with E-state index in [1.807, 2.05) is 0 Å². The third-order valence-corrected chi connectivity index (χ3v) is 3.90. The van der Waals surface area contributed by atoms with Gasteiger partial charge in [0.15, 0.2) is 0 Å². The highest BCUT2D eigenvalue weighted by molar-refractivity contribution is 4.85. The number of hydrogen-bond acceptors (Lipinski definition) is 1. The van der Waals surface area contributed by atoms with Gasteiger partial charge in [-0.15, -0.1) is 0 Å². The third kappa shape index (κ3) is 3.27. The van der Waals surface area contributed by atoms with Crippen LogP contribution in [0.2, 0.25) is 0 Å². The Hall–Kier alpha value is -0.0400. The standard InChI is InChI=1S/C13H27N/c1-6-11-7-8-12(9-11)14-10(2)13(3,4)5/h10-12,14H,6-9H2,1-5H3. The molecule has 1 saturated carbocycles. The van der Waals surface area contributed by atoms with E-state index in [2.05, 4.69) is 39.9 Å². The van der Waals surface area contributed by atoms with Crippen LogP contribution in [-0.2, 0) is 0 Å². The summed E-state index contributed by atoms with van der Waals surface area (Å²) in [5.41, 5.74) is 0.393. The Balaban J connectivity index is 2.32. The molecule has 3 atom stereocenters. The minimum absolute atomic E-state index is 0.393. The summed E-state index contributed by atoms with van der Waals surface area (Å²) in [6, 6.07) is 1.41. The van der Waals surface area contributed by atoms with E-state index in [1.54, 1.807) is 0 Å². The van der Waals surface area contributed by atoms with E-state index in [4.69, 9.17) is 0 Å². The average Bonchev–Trinajstić information content (AvgIpc) is 2.50. The van der Waals surface area contributed by atoms with Crippen LogP contribution in [0.25, 0.3) is 0 Å². The minimum Gasteiger partial charge on any atom is -0.311 e. The van der Waals surface area contributed by atoms with Gasteiger partial charge in [-0.3, -0.25) is 0 Å². The van der Waals surface area contributed by atoms with Crippen LogP contribution in [-0.4, -0.2) is 12.1 Å². The van der Waals surface area contributed by atoms with Gasteiger partial charge in [-0.05, 0) is 37.5 Å². The first-order chi connectivity index (χ1) is 6.43. The van der Waals surface area contributed by atoms with Gasteiger partial charge in [0.25, 0.3) is 0 Å². The highest BCUT2D eigenvalue weighted by atomic mass is 15.0. The molecule has 14 heavy (non-hydrogen) atoms. The van der Waals surface area contributed by atoms with Crippen molar-refractivity contribution in [2.45, 2.75) is 72.4 Å². The molecule has 3 unspecified atom stereocenters. The quantitative estimate of drug-likeness (QED) is 0.729. The summed E-state index contributed by atoms with van der Waals surface area (Å²) in [5, 5.41) is 3.78. The van der Waals surface area contributed by atoms with E-state index in [0.717, 1.165) is 12.0 Å². The smallest absolute Gasteiger partial charge is 0.00898 e. The molecule has 1 aliphatic rings. The molecule has 1 rings (SSSR count). The van der Waals surface area contributed by atoms with Crippen LogP contribution in [0, 0.1) is 11.3 Å². The normalized spacial score (nSPS) is 30.6. The first kappa shape index (κ1) is 12.0. The Morgan fingerprint density at radius 3 is 2.36 bits per heavy atom. The van der Waals surface area contributed by atoms with Crippen LogP contribution >= 0.6 is 0 Å². The van der Waals surface area contributed by atoms with E-state index >= 15 is 0 Å². The molecule has 0 aromatic rings. The second kappa shape index (κ2) is 4.65. The van der Waals surface area contributed by atoms with E-state index in [-0.39, 0.29) is 0 Å². The molecule has 1 aliphatic carbocycles. The summed E-state index contributed by atoms with van der Waals surface area (Å²) in [5.74, 6) is 0.986. The predicted molar refractivity (Wildman–Crippen MR) is 63.5 cm³/mol. The summed E-state index contributed by atoms with van der Waals surface area (Å²) in [4.78, 5) is 0. The van der Waals surface area contributed by atoms with E-state index in [9.17, 15) is 0 Å². The van der Waals surface area contributed by atoms with Crippen molar-refractivity contribution in [3.8, 4) is 0 Å². The van der Waals surface area contributed by atoms with Crippen molar-refractivity contribution in [3.63, 3.8) is 0 Å². The molecular weight excluding hydrogens is 170 g/mol. The minimum atomic E-state index is 0.393. The summed E-state index contributed by atoms with van der Waals surface area (Å²) >= 11 is 0. The molecule has 0 bridgehead atoms. The van der Waals surface area contributed by atoms with Gasteiger partial charge in [-0.2, -0.15) is 0 Å². The van der Waals surface area contributed by atoms with Crippen LogP contribution in [0.3, 0.4) is 0 Å². The molecule has 0 spiro atoms. The maximum atomic E-state index is 3.78. The highest BCUT2D eigenvalue weighted by Crippen LogP contribution is 2.29. The lowest BCUT2D eigenvalue weighted by molar-refractivity contribution is 0.260. The van der Waals surface area contributed by atoms with Crippen molar-refractivity contribution >= 4 is 0 Å². The molecule has 0 aliphatic heterocycles. The fourth-order valence-electron chi connectivity index (χ4n) is 2.20. The molecule has 0 saturated heterocycles. The Labute approximate surface area is 89.7 Å². The first-order valence-electron chi connectivity index (χ1n) is 6.19. The molecule has 1 heteroatoms. The lowest BCUT2D eigenvalue weighted by Gasteiger charge is -2.31. The average molecular weight is 197 g/mol. The summed E-state index contributed by atoms with van der Waals surface area (Å²) in [7, 11) is 0. The van der Waals surface area contributed by atoms with E-state index in [0.29, 0.717) is 11.5 Å². The zero-order valence-corrected chi connectivity index (χ0v) is 10.6. The first-order valence-corrected chi connectivity index (χ1v) is 6.19. The van der Waals surface area contributed by atoms with E-state index in [1.165, 1.54) is 25.7 Å². The number of hydrogen-bond donors (Lipinski definition) is 1. The summed E-state index contributed by atoms with van der Waals surface area (Å²) < 4.78 is 0. The van der Waals surface area contributed by atoms with Gasteiger partial charge in [-0.25, -0.2) is 0 Å². The number of rotatable bonds is 3. The maximum Gasteiger partial charge on any atom is 0.00898 e. The molecule has 0 radical (unpaired) electrons. The maximum absolute atomic E-state index is 3.78. The van der Waals surface area contributed by atoms with Gasteiger partial charge >= 0.3 is 0 Å². The lowest BCUT2D eigenvalue weighted by Crippen LogP contribution is -2.42. The molecule has 0 heterocycles. The zero-order valence-electron chi connectivity index (χ0n) is 10.6. The summed E-state index contributed by atoms with van der Waals surface area (Å²) in [6.45, 7) is 11.6. The Kier molecular flexibility index (Phi) is 4.00. The molecule has 1 fully saturated rings. The van der Waals surface area contributed by atoms with Crippen molar-refractivity contribution in [1.82, 2.24) is 5.32 Å². The van der Waals surface area contributed by atoms with E-state index < -0.39 is 0 Å². The van der Waals surface area contributed by atoms with Crippen molar-refractivity contribution in [2.75, 3.05) is 0 Å². The van der Waals surface area contributed by atoms with Crippen molar-refractivity contribution in [3.05, 3.63) is 0 Å². The molecule has 0 aromatic heterocycles. The zero-order chi connectivity index (χ0) is 10.8. The highest BCUT2D eigenvalue weighted by Gasteiger charge is 2.27. The monoisotopic (exact) mass is 197 g/mol. The van der Waals surface area contributed by atoms with Crippen LogP contribution in [0.1, 0.15) is 60.3 Å². The predicted octanol–water partition coefficient (Wildman–Crippen LogP) is 3.59. The van der Waals surface area contributed by atoms with Gasteiger partial charge < -0.3 is 5.32 Å². The summed E-state index contributed by atoms with van der Waals surface area (Å²) in [6.07, 6.45) is 5.59. The Morgan fingerprint density at radius 1 is 1.29 bits per heavy atom. The Morgan fingerprint density at radius 2 is 1.93 bits per heavy atom. The molecule has 0 aromatic carbocycles. The van der Waals surface area contributed by atoms with Gasteiger partial charge in [0, 0.05) is 12.1 Å². The van der Waals surface area contributed by atoms with Crippen molar-refractivity contribution in [2.24, 2.45) is 11.3 Å².